The fourth-order valence-electron chi connectivity index (χ4n) is 1.42. The van der Waals surface area contributed by atoms with Crippen LogP contribution < -0.4 is 5.32 Å². The molecule has 0 saturated carbocycles. The molecule has 0 radical (unpaired) electrons. The zero-order valence-electron chi connectivity index (χ0n) is 9.68. The van der Waals surface area contributed by atoms with Crippen molar-refractivity contribution in [2.45, 2.75) is 12.5 Å². The van der Waals surface area contributed by atoms with Gasteiger partial charge in [0, 0.05) is 6.54 Å². The van der Waals surface area contributed by atoms with Crippen molar-refractivity contribution in [2.75, 3.05) is 6.54 Å². The van der Waals surface area contributed by atoms with Gasteiger partial charge in [0.25, 0.3) is 0 Å². The summed E-state index contributed by atoms with van der Waals surface area (Å²) in [7, 11) is 0. The molecule has 0 aliphatic carbocycles. The lowest BCUT2D eigenvalue weighted by Crippen LogP contribution is -2.22. The highest BCUT2D eigenvalue weighted by molar-refractivity contribution is 5.82. The van der Waals surface area contributed by atoms with Gasteiger partial charge in [-0.05, 0) is 17.7 Å². The highest BCUT2D eigenvalue weighted by atomic mass is 16.4. The van der Waals surface area contributed by atoms with E-state index >= 15 is 0 Å². The number of benzene rings is 2. The molecule has 0 spiro atoms. The number of rotatable bonds is 1. The number of carbonyl (C=O) groups is 1. The molecule has 1 aliphatic rings. The van der Waals surface area contributed by atoms with E-state index in [1.54, 1.807) is 6.92 Å². The Bertz CT molecular complexity index is 467. The van der Waals surface area contributed by atoms with E-state index in [9.17, 15) is 4.79 Å². The molecule has 2 N–H and O–H groups in total. The first-order chi connectivity index (χ1) is 8.12. The van der Waals surface area contributed by atoms with E-state index in [4.69, 9.17) is 5.11 Å². The minimum Gasteiger partial charge on any atom is -0.480 e. The molecule has 1 heterocycles. The Hall–Kier alpha value is -1.87. The molecule has 1 atom stereocenters. The summed E-state index contributed by atoms with van der Waals surface area (Å²) in [4.78, 5) is 10.0. The van der Waals surface area contributed by atoms with Crippen LogP contribution in [-0.2, 0) is 4.79 Å². The molecule has 3 nitrogen and oxygen atoms in total. The summed E-state index contributed by atoms with van der Waals surface area (Å²) in [6, 6.07) is 16.7. The second kappa shape index (κ2) is 4.55. The predicted octanol–water partition coefficient (Wildman–Crippen LogP) is 2.27. The summed E-state index contributed by atoms with van der Waals surface area (Å²) in [6.45, 7) is 2.28. The topological polar surface area (TPSA) is 59.2 Å². The molecule has 1 fully saturated rings. The van der Waals surface area contributed by atoms with Gasteiger partial charge in [0.2, 0.25) is 0 Å². The molecule has 0 amide bonds. The van der Waals surface area contributed by atoms with Crippen LogP contribution in [0.3, 0.4) is 0 Å². The number of aliphatic carboxylic acids is 1. The lowest BCUT2D eigenvalue weighted by atomic mass is 10.1. The van der Waals surface area contributed by atoms with E-state index in [0.29, 0.717) is 6.54 Å². The van der Waals surface area contributed by atoms with E-state index in [1.165, 1.54) is 10.8 Å². The maximum Gasteiger partial charge on any atom is 0.324 e. The van der Waals surface area contributed by atoms with Gasteiger partial charge in [0.15, 0.2) is 0 Å². The van der Waals surface area contributed by atoms with E-state index in [-0.39, 0.29) is 0 Å². The standard InChI is InChI=1S/C10H8.C4H7NO2/c1-2-6-10-8-4-3-7-9(10)5-1;1-4(2-5-4)3(6)7/h1-8H;5H,2H2,1H3,(H,6,7). The van der Waals surface area contributed by atoms with E-state index < -0.39 is 11.5 Å². The van der Waals surface area contributed by atoms with Crippen LogP contribution in [0.2, 0.25) is 0 Å². The highest BCUT2D eigenvalue weighted by Gasteiger charge is 2.44. The molecule has 2 aromatic carbocycles. The Balaban J connectivity index is 0.000000136. The van der Waals surface area contributed by atoms with E-state index in [1.807, 2.05) is 0 Å². The highest BCUT2D eigenvalue weighted by Crippen LogP contribution is 2.14. The van der Waals surface area contributed by atoms with Crippen LogP contribution in [0, 0.1) is 0 Å². The molecule has 88 valence electrons. The largest absolute Gasteiger partial charge is 0.480 e. The summed E-state index contributed by atoms with van der Waals surface area (Å²) in [5.41, 5.74) is -0.583. The van der Waals surface area contributed by atoms with Gasteiger partial charge in [0.1, 0.15) is 5.54 Å². The van der Waals surface area contributed by atoms with Gasteiger partial charge in [-0.15, -0.1) is 0 Å². The lowest BCUT2D eigenvalue weighted by molar-refractivity contribution is -0.139. The Morgan fingerprint density at radius 2 is 1.47 bits per heavy atom. The summed E-state index contributed by atoms with van der Waals surface area (Å²) in [5.74, 6) is -0.757. The third-order valence-corrected chi connectivity index (χ3v) is 2.84. The Morgan fingerprint density at radius 3 is 1.65 bits per heavy atom. The minimum absolute atomic E-state index is 0.583. The second-order valence-corrected chi connectivity index (χ2v) is 4.34. The number of carboxylic acid groups (broad SMARTS) is 1. The second-order valence-electron chi connectivity index (χ2n) is 4.34. The molecule has 0 bridgehead atoms. The Labute approximate surface area is 100 Å². The van der Waals surface area contributed by atoms with Crippen molar-refractivity contribution >= 4 is 16.7 Å². The molecule has 1 unspecified atom stereocenters. The van der Waals surface area contributed by atoms with Crippen LogP contribution in [0.25, 0.3) is 10.8 Å². The van der Waals surface area contributed by atoms with Crippen molar-refractivity contribution in [3.63, 3.8) is 0 Å². The molecule has 3 heteroatoms. The number of hydrogen-bond donors (Lipinski definition) is 2. The molecule has 17 heavy (non-hydrogen) atoms. The van der Waals surface area contributed by atoms with Crippen molar-refractivity contribution in [3.05, 3.63) is 48.5 Å². The smallest absolute Gasteiger partial charge is 0.324 e. The molecular formula is C14H15NO2. The van der Waals surface area contributed by atoms with Crippen LogP contribution in [0.4, 0.5) is 0 Å². The number of nitrogens with one attached hydrogen (secondary N) is 1. The summed E-state index contributed by atoms with van der Waals surface area (Å²) in [5, 5.41) is 13.6. The first-order valence-electron chi connectivity index (χ1n) is 5.54. The van der Waals surface area contributed by atoms with Gasteiger partial charge in [-0.3, -0.25) is 10.1 Å². The molecule has 1 aliphatic heterocycles. The Morgan fingerprint density at radius 1 is 1.12 bits per heavy atom. The molecule has 0 aromatic heterocycles. The normalized spacial score (nSPS) is 21.5. The fourth-order valence-corrected chi connectivity index (χ4v) is 1.42. The number of hydrogen-bond acceptors (Lipinski definition) is 2. The van der Waals surface area contributed by atoms with E-state index in [2.05, 4.69) is 53.8 Å². The van der Waals surface area contributed by atoms with Gasteiger partial charge in [-0.2, -0.15) is 0 Å². The SMILES string of the molecule is CC1(C(=O)O)CN1.c1ccc2ccccc2c1. The van der Waals surface area contributed by atoms with Crippen molar-refractivity contribution in [1.29, 1.82) is 0 Å². The van der Waals surface area contributed by atoms with Crippen molar-refractivity contribution in [1.82, 2.24) is 5.32 Å². The first-order valence-corrected chi connectivity index (χ1v) is 5.54. The molecule has 1 saturated heterocycles. The molecule has 3 rings (SSSR count). The van der Waals surface area contributed by atoms with Gasteiger partial charge in [-0.25, -0.2) is 0 Å². The van der Waals surface area contributed by atoms with Gasteiger partial charge in [0.05, 0.1) is 0 Å². The van der Waals surface area contributed by atoms with Crippen LogP contribution in [0.15, 0.2) is 48.5 Å². The lowest BCUT2D eigenvalue weighted by Gasteiger charge is -1.92. The average Bonchev–Trinajstić information content (AvgIpc) is 3.10. The average molecular weight is 229 g/mol. The zero-order chi connectivity index (χ0) is 12.3. The monoisotopic (exact) mass is 229 g/mol. The van der Waals surface area contributed by atoms with Crippen LogP contribution in [-0.4, -0.2) is 23.2 Å². The predicted molar refractivity (Wildman–Crippen MR) is 68.0 cm³/mol. The third kappa shape index (κ3) is 2.82. The third-order valence-electron chi connectivity index (χ3n) is 2.84. The van der Waals surface area contributed by atoms with Gasteiger partial charge < -0.3 is 5.11 Å². The van der Waals surface area contributed by atoms with Crippen LogP contribution >= 0.6 is 0 Å². The van der Waals surface area contributed by atoms with Crippen molar-refractivity contribution in [2.24, 2.45) is 0 Å². The minimum atomic E-state index is -0.757. The Kier molecular flexibility index (Phi) is 3.11. The maximum absolute atomic E-state index is 10.0. The fraction of sp³-hybridized carbons (Fsp3) is 0.214. The quantitative estimate of drug-likeness (QED) is 0.737. The van der Waals surface area contributed by atoms with Crippen molar-refractivity contribution < 1.29 is 9.90 Å². The summed E-state index contributed by atoms with van der Waals surface area (Å²) >= 11 is 0. The van der Waals surface area contributed by atoms with E-state index in [0.717, 1.165) is 0 Å². The van der Waals surface area contributed by atoms with Crippen molar-refractivity contribution in [3.8, 4) is 0 Å². The molecule has 2 aromatic rings. The summed E-state index contributed by atoms with van der Waals surface area (Å²) < 4.78 is 0. The molecular weight excluding hydrogens is 214 g/mol. The first kappa shape index (κ1) is 11.6. The van der Waals surface area contributed by atoms with Crippen LogP contribution in [0.5, 0.6) is 0 Å². The maximum atomic E-state index is 10.0. The van der Waals surface area contributed by atoms with Gasteiger partial charge >= 0.3 is 5.97 Å². The van der Waals surface area contributed by atoms with Crippen LogP contribution in [0.1, 0.15) is 6.92 Å². The summed E-state index contributed by atoms with van der Waals surface area (Å²) in [6.07, 6.45) is 0. The number of carboxylic acids is 1. The zero-order valence-corrected chi connectivity index (χ0v) is 9.68. The number of fused-ring (bicyclic) bond motifs is 1. The van der Waals surface area contributed by atoms with Gasteiger partial charge in [-0.1, -0.05) is 48.5 Å².